The summed E-state index contributed by atoms with van der Waals surface area (Å²) < 4.78 is 0. The Labute approximate surface area is 215 Å². The van der Waals surface area contributed by atoms with Gasteiger partial charge in [0.15, 0.2) is 0 Å². The fourth-order valence-corrected chi connectivity index (χ4v) is 4.57. The number of unbranched alkanes of at least 4 members (excludes halogenated alkanes) is 4. The molecule has 4 aliphatic rings. The molecule has 0 fully saturated rings. The molecule has 0 unspecified atom stereocenters. The van der Waals surface area contributed by atoms with E-state index in [0.717, 1.165) is 90.5 Å². The van der Waals surface area contributed by atoms with E-state index < -0.39 is 0 Å². The summed E-state index contributed by atoms with van der Waals surface area (Å²) in [5.74, 6) is 0. The van der Waals surface area contributed by atoms with Crippen LogP contribution in [-0.2, 0) is 0 Å². The second-order valence-corrected chi connectivity index (χ2v) is 9.33. The Balaban J connectivity index is 1.21. The van der Waals surface area contributed by atoms with E-state index >= 15 is 0 Å². The Morgan fingerprint density at radius 3 is 1.41 bits per heavy atom. The third-order valence-corrected chi connectivity index (χ3v) is 6.38. The van der Waals surface area contributed by atoms with Crippen molar-refractivity contribution in [1.82, 2.24) is 19.8 Å². The minimum Gasteiger partial charge on any atom is -0.612 e. The Morgan fingerprint density at radius 2 is 1.00 bits per heavy atom. The predicted molar refractivity (Wildman–Crippen MR) is 148 cm³/mol. The average Bonchev–Trinajstić information content (AvgIpc) is 2.86. The molecule has 0 radical (unpaired) electrons. The Morgan fingerprint density at radius 1 is 0.595 bits per heavy atom. The Hall–Kier alpha value is -4.34. The Bertz CT molecular complexity index is 1320. The molecule has 0 atom stereocenters. The number of pyridine rings is 2. The van der Waals surface area contributed by atoms with Crippen LogP contribution in [0.5, 0.6) is 0 Å². The molecule has 0 saturated carbocycles. The third-order valence-electron chi connectivity index (χ3n) is 6.38. The van der Waals surface area contributed by atoms with Crippen LogP contribution < -0.4 is 31.2 Å². The summed E-state index contributed by atoms with van der Waals surface area (Å²) in [6.07, 6.45) is 5.43. The highest BCUT2D eigenvalue weighted by Crippen LogP contribution is 2.29. The van der Waals surface area contributed by atoms with Crippen molar-refractivity contribution in [3.8, 4) is 22.5 Å². The number of anilines is 2. The zero-order chi connectivity index (χ0) is 26.4. The summed E-state index contributed by atoms with van der Waals surface area (Å²) in [4.78, 5) is 5.65. The minimum absolute atomic E-state index is 0.0766. The topological polar surface area (TPSA) is 154 Å². The highest BCUT2D eigenvalue weighted by molar-refractivity contribution is 5.77. The van der Waals surface area contributed by atoms with Crippen molar-refractivity contribution in [1.29, 1.82) is 0 Å². The number of rotatable bonds is 10. The molecule has 4 rings (SSSR count). The maximum Gasteiger partial charge on any atom is 0.224 e. The van der Waals surface area contributed by atoms with Crippen molar-refractivity contribution >= 4 is 11.4 Å². The van der Waals surface area contributed by atoms with Gasteiger partial charge in [0.2, 0.25) is 10.7 Å². The highest BCUT2D eigenvalue weighted by Gasteiger charge is 2.11. The summed E-state index contributed by atoms with van der Waals surface area (Å²) in [7, 11) is 0. The van der Waals surface area contributed by atoms with E-state index in [1.807, 2.05) is 26.0 Å². The number of fused-ring (bicyclic) bond motifs is 2. The van der Waals surface area contributed by atoms with Crippen molar-refractivity contribution in [3.63, 3.8) is 0 Å². The molecular weight excluding hydrogens is 472 g/mol. The fraction of sp³-hybridized carbons (Fsp3) is 0.333. The van der Waals surface area contributed by atoms with Crippen LogP contribution in [0, 0.1) is 34.7 Å². The van der Waals surface area contributed by atoms with Crippen LogP contribution in [0.2, 0.25) is 0 Å². The van der Waals surface area contributed by atoms with E-state index in [1.54, 1.807) is 24.3 Å². The molecule has 2 aliphatic carbocycles. The number of aryl methyl sites for hydroxylation is 2. The molecule has 0 aromatic rings. The molecule has 10 heteroatoms. The molecule has 2 heterocycles. The van der Waals surface area contributed by atoms with Crippen molar-refractivity contribution in [2.24, 2.45) is 0 Å². The van der Waals surface area contributed by atoms with E-state index in [2.05, 4.69) is 20.6 Å². The normalized spacial score (nSPS) is 11.1. The van der Waals surface area contributed by atoms with Gasteiger partial charge in [-0.25, -0.2) is 0 Å². The van der Waals surface area contributed by atoms with Gasteiger partial charge in [-0.15, -0.1) is 0 Å². The molecule has 37 heavy (non-hydrogen) atoms. The maximum atomic E-state index is 11.1. The molecule has 0 saturated heterocycles. The number of hydrogen-bond acceptors (Lipinski definition) is 6. The largest absolute Gasteiger partial charge is 0.612 e. The lowest BCUT2D eigenvalue weighted by molar-refractivity contribution is 0.635. The summed E-state index contributed by atoms with van der Waals surface area (Å²) in [6, 6.07) is 13.9. The van der Waals surface area contributed by atoms with E-state index in [0.29, 0.717) is 0 Å². The van der Waals surface area contributed by atoms with Gasteiger partial charge in [-0.05, 0) is 51.0 Å². The van der Waals surface area contributed by atoms with Crippen molar-refractivity contribution in [2.45, 2.75) is 46.0 Å². The van der Waals surface area contributed by atoms with Crippen LogP contribution in [0.4, 0.5) is 11.4 Å². The second-order valence-electron chi connectivity index (χ2n) is 9.33. The third kappa shape index (κ3) is 6.46. The van der Waals surface area contributed by atoms with Gasteiger partial charge in [0.25, 0.3) is 0 Å². The van der Waals surface area contributed by atoms with Gasteiger partial charge in [0.1, 0.15) is 0 Å². The van der Waals surface area contributed by atoms with Gasteiger partial charge >= 0.3 is 0 Å². The second kappa shape index (κ2) is 11.6. The lowest BCUT2D eigenvalue weighted by Gasteiger charge is -2.16. The first-order chi connectivity index (χ1) is 17.8. The molecule has 0 spiro atoms. The van der Waals surface area contributed by atoms with Crippen LogP contribution in [0.3, 0.4) is 0 Å². The van der Waals surface area contributed by atoms with Crippen LogP contribution in [-0.4, -0.2) is 23.1 Å². The van der Waals surface area contributed by atoms with Gasteiger partial charge in [-0.3, -0.25) is 0 Å². The SMILES string of the molecule is Cc1cc(NCCCCCCCNc2cc(C)[nH]c3cc(=[N+]([O-])[O-])ccc2-3)c2ccc(=[N+]([O-])[O-])cc-2[nH]1. The number of benzene rings is 2. The van der Waals surface area contributed by atoms with Gasteiger partial charge < -0.3 is 41.4 Å². The summed E-state index contributed by atoms with van der Waals surface area (Å²) in [5.41, 5.74) is 7.25. The van der Waals surface area contributed by atoms with Crippen LogP contribution >= 0.6 is 0 Å². The summed E-state index contributed by atoms with van der Waals surface area (Å²) in [6.45, 7) is 5.57. The average molecular weight is 505 g/mol. The molecule has 2 aliphatic heterocycles. The standard InChI is InChI=1S/C27H32N6O4/c1-18-14-24(22-10-8-20(32(34)35)16-26(22)30-18)28-12-6-4-3-5-7-13-29-25-15-19(2)31-27-17-21(33(36)37)9-11-23(25)27/h8-11,14-17,28-31H,3-7,12-13H2,1-2H3/q-2. The van der Waals surface area contributed by atoms with E-state index in [1.165, 1.54) is 12.1 Å². The lowest BCUT2D eigenvalue weighted by atomic mass is 10.1. The molecule has 0 aromatic heterocycles. The van der Waals surface area contributed by atoms with Crippen LogP contribution in [0.25, 0.3) is 22.5 Å². The molecule has 10 nitrogen and oxygen atoms in total. The van der Waals surface area contributed by atoms with Crippen LogP contribution in [0.15, 0.2) is 48.5 Å². The first kappa shape index (κ1) is 25.7. The van der Waals surface area contributed by atoms with E-state index in [-0.39, 0.29) is 20.5 Å². The zero-order valence-corrected chi connectivity index (χ0v) is 21.1. The summed E-state index contributed by atoms with van der Waals surface area (Å²) >= 11 is 0. The van der Waals surface area contributed by atoms with Crippen molar-refractivity contribution in [2.75, 3.05) is 23.7 Å². The number of aromatic nitrogens is 2. The van der Waals surface area contributed by atoms with Crippen molar-refractivity contribution < 1.29 is 0 Å². The lowest BCUT2D eigenvalue weighted by Crippen LogP contribution is -2.18. The molecule has 0 amide bonds. The molecule has 4 N–H and O–H groups in total. The molecular formula is C27H32N6O4-2. The summed E-state index contributed by atoms with van der Waals surface area (Å²) in [5, 5.41) is 51.4. The predicted octanol–water partition coefficient (Wildman–Crippen LogP) is 4.18. The number of nitrogens with one attached hydrogen (secondary N) is 4. The zero-order valence-electron chi connectivity index (χ0n) is 21.1. The van der Waals surface area contributed by atoms with Crippen LogP contribution in [0.1, 0.15) is 43.5 Å². The maximum absolute atomic E-state index is 11.1. The number of H-pyrrole nitrogens is 2. The van der Waals surface area contributed by atoms with Gasteiger partial charge in [0, 0.05) is 71.2 Å². The van der Waals surface area contributed by atoms with E-state index in [9.17, 15) is 20.8 Å². The van der Waals surface area contributed by atoms with Crippen molar-refractivity contribution in [3.05, 3.63) is 91.5 Å². The quantitative estimate of drug-likeness (QED) is 0.188. The van der Waals surface area contributed by atoms with Gasteiger partial charge in [0.05, 0.1) is 11.4 Å². The monoisotopic (exact) mass is 504 g/mol. The van der Waals surface area contributed by atoms with E-state index in [4.69, 9.17) is 0 Å². The smallest absolute Gasteiger partial charge is 0.224 e. The first-order valence-electron chi connectivity index (χ1n) is 12.5. The number of hydrogen-bond donors (Lipinski definition) is 4. The minimum atomic E-state index is -0.381. The Kier molecular flexibility index (Phi) is 8.07. The number of aromatic amines is 2. The fourth-order valence-electron chi connectivity index (χ4n) is 4.57. The first-order valence-corrected chi connectivity index (χ1v) is 12.5. The molecule has 0 aromatic carbocycles. The molecule has 196 valence electrons. The van der Waals surface area contributed by atoms with Gasteiger partial charge in [-0.2, -0.15) is 9.80 Å². The molecule has 0 bridgehead atoms. The number of nitrogens with zero attached hydrogens (tertiary/aromatic N) is 2. The van der Waals surface area contributed by atoms with Gasteiger partial charge in [-0.1, -0.05) is 19.3 Å². The highest BCUT2D eigenvalue weighted by atomic mass is 16.8.